The number of pyridine rings is 1. The second-order valence-corrected chi connectivity index (χ2v) is 28.8. The van der Waals surface area contributed by atoms with Crippen LogP contribution in [0.2, 0.25) is 10.0 Å². The third kappa shape index (κ3) is 27.3. The van der Waals surface area contributed by atoms with Crippen molar-refractivity contribution in [3.63, 3.8) is 0 Å². The number of alkyl halides is 12. The summed E-state index contributed by atoms with van der Waals surface area (Å²) in [6.45, 7) is 10.1. The van der Waals surface area contributed by atoms with E-state index in [4.69, 9.17) is 78.1 Å². The van der Waals surface area contributed by atoms with E-state index < -0.39 is 47.0 Å². The minimum Gasteiger partial charge on any atom is -0.454 e. The monoisotopic (exact) mass is 1860 g/mol. The van der Waals surface area contributed by atoms with Crippen molar-refractivity contribution in [2.75, 3.05) is 71.7 Å². The smallest absolute Gasteiger partial charge is 0.416 e. The fraction of sp³-hybridized carbons (Fsp3) is 0.187. The molecule has 1 aliphatic rings. The minimum absolute atomic E-state index is 0.0486. The lowest BCUT2D eigenvalue weighted by Gasteiger charge is -2.14. The number of hydrogen-bond acceptors (Lipinski definition) is 27. The molecule has 0 unspecified atom stereocenters. The van der Waals surface area contributed by atoms with Crippen LogP contribution in [0.15, 0.2) is 207 Å². The first-order valence-electron chi connectivity index (χ1n) is 39.8. The molecule has 0 fully saturated rings. The summed E-state index contributed by atoms with van der Waals surface area (Å²) in [6, 6.07) is 51.7. The highest BCUT2D eigenvalue weighted by atomic mass is 35.5. The highest BCUT2D eigenvalue weighted by Crippen LogP contribution is 2.42. The second-order valence-electron chi connectivity index (χ2n) is 28.0. The van der Waals surface area contributed by atoms with E-state index in [2.05, 4.69) is 91.5 Å². The molecule has 0 spiro atoms. The first-order chi connectivity index (χ1) is 62.7. The summed E-state index contributed by atoms with van der Waals surface area (Å²) in [5.74, 6) is 3.31. The molecule has 15 aromatic rings. The Morgan fingerprint density at radius 2 is 0.720 bits per heavy atom. The maximum absolute atomic E-state index is 12.8. The van der Waals surface area contributed by atoms with Crippen LogP contribution in [0, 0.1) is 11.3 Å². The third-order valence-corrected chi connectivity index (χ3v) is 19.6. The Labute approximate surface area is 757 Å². The van der Waals surface area contributed by atoms with Gasteiger partial charge in [-0.05, 0) is 147 Å². The zero-order chi connectivity index (χ0) is 95.9. The lowest BCUT2D eigenvalue weighted by Crippen LogP contribution is -2.11. The van der Waals surface area contributed by atoms with Crippen LogP contribution in [0.3, 0.4) is 0 Å². The number of hydrogen-bond donors (Lipinski definition) is 9. The van der Waals surface area contributed by atoms with Crippen molar-refractivity contribution in [3.05, 3.63) is 273 Å². The number of nitrogens with zero attached hydrogens (tertiary/aromatic N) is 16. The number of nitrogen functional groups attached to an aromatic ring is 7. The van der Waals surface area contributed by atoms with Gasteiger partial charge in [0, 0.05) is 111 Å². The molecule has 16 rings (SSSR count). The first kappa shape index (κ1) is 98.7. The summed E-state index contributed by atoms with van der Waals surface area (Å²) in [5.41, 5.74) is 47.7. The summed E-state index contributed by atoms with van der Waals surface area (Å²) in [5, 5.41) is 17.6. The van der Waals surface area contributed by atoms with Crippen LogP contribution in [-0.2, 0) is 56.8 Å². The highest BCUT2D eigenvalue weighted by Gasteiger charge is 2.38. The molecule has 0 atom stereocenters. The van der Waals surface area contributed by atoms with Gasteiger partial charge in [-0.3, -0.25) is 4.98 Å². The zero-order valence-corrected chi connectivity index (χ0v) is 72.7. The summed E-state index contributed by atoms with van der Waals surface area (Å²) < 4.78 is 163. The lowest BCUT2D eigenvalue weighted by molar-refractivity contribution is -0.143. The molecule has 41 heteroatoms. The van der Waals surface area contributed by atoms with Gasteiger partial charge in [-0.2, -0.15) is 67.9 Å². The van der Waals surface area contributed by atoms with Crippen LogP contribution in [-0.4, -0.2) is 95.6 Å². The minimum atomic E-state index is -4.93. The number of fused-ring (bicyclic) bond motifs is 2. The molecule has 0 saturated heterocycles. The van der Waals surface area contributed by atoms with Crippen LogP contribution in [0.25, 0.3) is 89.6 Å². The Morgan fingerprint density at radius 1 is 0.341 bits per heavy atom. The SMILES string of the molecule is CCc1cc(-c2ccc(C(F)(F)F)cc2)nc(N)n1.CCc1cc(-c2ccc3c(c2)OCO3)nc(N)n1.CCc1cc(-c2cccc(C#N)c2)nc(N)n1.CCc1cc(-c2cccc(C(F)(F)F)c2)nc(N)n1.CCc1cc(-c2cccc(Cl)c2Cl)nc(N)n1.CNc1cc(-c2cc(C(F)(F)F)cc(C(F)(F)F)c2)nc(N)n1.CNc1cc(-c2cncc3ccccc23)nc(N)n1. The Morgan fingerprint density at radius 3 is 1.18 bits per heavy atom. The lowest BCUT2D eigenvalue weighted by atomic mass is 10.0. The van der Waals surface area contributed by atoms with E-state index in [1.165, 1.54) is 31.3 Å². The van der Waals surface area contributed by atoms with E-state index in [1.54, 1.807) is 49.6 Å². The van der Waals surface area contributed by atoms with Gasteiger partial charge in [-0.15, -0.1) is 0 Å². The molecule has 16 N–H and O–H groups in total. The van der Waals surface area contributed by atoms with Crippen LogP contribution >= 0.6 is 23.2 Å². The maximum atomic E-state index is 12.8. The fourth-order valence-electron chi connectivity index (χ4n) is 12.3. The number of halogens is 14. The van der Waals surface area contributed by atoms with Crippen molar-refractivity contribution >= 4 is 87.2 Å². The van der Waals surface area contributed by atoms with Crippen molar-refractivity contribution < 1.29 is 62.2 Å². The van der Waals surface area contributed by atoms with E-state index in [9.17, 15) is 52.7 Å². The molecule has 0 radical (unpaired) electrons. The maximum Gasteiger partial charge on any atom is 0.416 e. The topological polar surface area (TPSA) is 442 Å². The van der Waals surface area contributed by atoms with E-state index in [-0.39, 0.29) is 65.6 Å². The highest BCUT2D eigenvalue weighted by molar-refractivity contribution is 6.43. The summed E-state index contributed by atoms with van der Waals surface area (Å²) in [7, 11) is 3.27. The Kier molecular flexibility index (Phi) is 32.9. The van der Waals surface area contributed by atoms with Crippen LogP contribution in [0.1, 0.15) is 90.9 Å². The Balaban J connectivity index is 0.000000160. The number of ether oxygens (including phenoxy) is 2. The quantitative estimate of drug-likeness (QED) is 0.0457. The molecule has 0 amide bonds. The van der Waals surface area contributed by atoms with E-state index in [0.29, 0.717) is 86.3 Å². The number of aromatic nitrogens is 15. The first-order valence-corrected chi connectivity index (χ1v) is 40.6. The van der Waals surface area contributed by atoms with Gasteiger partial charge >= 0.3 is 24.7 Å². The summed E-state index contributed by atoms with van der Waals surface area (Å²) in [4.78, 5) is 61.1. The normalized spacial score (nSPS) is 11.4. The molecule has 1 aliphatic heterocycles. The average molecular weight is 1860 g/mol. The van der Waals surface area contributed by atoms with Crippen LogP contribution < -0.4 is 60.2 Å². The molecule has 9 heterocycles. The molecular weight excluding hydrogens is 1770 g/mol. The van der Waals surface area contributed by atoms with Gasteiger partial charge in [0.15, 0.2) is 11.5 Å². The number of rotatable bonds is 14. The fourth-order valence-corrected chi connectivity index (χ4v) is 12.7. The number of nitrogens with two attached hydrogens (primary N) is 7. The molecule has 132 heavy (non-hydrogen) atoms. The molecule has 0 aliphatic carbocycles. The van der Waals surface area contributed by atoms with Crippen molar-refractivity contribution in [1.82, 2.24) is 74.8 Å². The Bertz CT molecular complexity index is 6550. The van der Waals surface area contributed by atoms with E-state index in [0.717, 1.165) is 128 Å². The van der Waals surface area contributed by atoms with E-state index >= 15 is 0 Å². The number of aryl methyl sites for hydroxylation is 5. The zero-order valence-electron chi connectivity index (χ0n) is 71.2. The third-order valence-electron chi connectivity index (χ3n) is 18.8. The average Bonchev–Trinajstić information content (AvgIpc) is 0.885. The Hall–Kier alpha value is -15.5. The van der Waals surface area contributed by atoms with Crippen molar-refractivity contribution in [2.45, 2.75) is 91.4 Å². The number of nitrogens with one attached hydrogen (secondary N) is 2. The van der Waals surface area contributed by atoms with Gasteiger partial charge in [0.25, 0.3) is 0 Å². The molecule has 27 nitrogen and oxygen atoms in total. The van der Waals surface area contributed by atoms with E-state index in [1.807, 2.05) is 132 Å². The number of nitriles is 1. The second kappa shape index (κ2) is 44.0. The molecular formula is C91H83Cl2F12N25O2. The van der Waals surface area contributed by atoms with Crippen LogP contribution in [0.4, 0.5) is 106 Å². The van der Waals surface area contributed by atoms with Gasteiger partial charge in [-0.25, -0.2) is 59.8 Å². The van der Waals surface area contributed by atoms with Crippen molar-refractivity contribution in [3.8, 4) is 96.4 Å². The largest absolute Gasteiger partial charge is 0.454 e. The number of anilines is 9. The predicted molar refractivity (Wildman–Crippen MR) is 485 cm³/mol. The van der Waals surface area contributed by atoms with Gasteiger partial charge in [-0.1, -0.05) is 131 Å². The molecule has 7 aromatic carbocycles. The van der Waals surface area contributed by atoms with Gasteiger partial charge < -0.3 is 60.2 Å². The van der Waals surface area contributed by atoms with Gasteiger partial charge in [0.05, 0.1) is 83.8 Å². The molecule has 8 aromatic heterocycles. The van der Waals surface area contributed by atoms with Gasteiger partial charge in [0.2, 0.25) is 48.4 Å². The van der Waals surface area contributed by atoms with Crippen molar-refractivity contribution in [1.29, 1.82) is 5.26 Å². The van der Waals surface area contributed by atoms with Crippen molar-refractivity contribution in [2.24, 2.45) is 0 Å². The molecule has 0 bridgehead atoms. The summed E-state index contributed by atoms with van der Waals surface area (Å²) >= 11 is 12.1. The van der Waals surface area contributed by atoms with Gasteiger partial charge in [0.1, 0.15) is 11.6 Å². The summed E-state index contributed by atoms with van der Waals surface area (Å²) in [6.07, 6.45) is -11.2. The van der Waals surface area contributed by atoms with Crippen LogP contribution in [0.5, 0.6) is 11.5 Å². The molecule has 0 saturated carbocycles. The molecule has 682 valence electrons. The number of benzene rings is 7. The standard InChI is InChI=1S/C14H13N5.C13H10F6N4.2C13H12F3N3.C13H12N4.C13H13N3O2.C12H11Cl2N3/c1-16-13-6-12(18-14(15)19-13)11-8-17-7-9-4-2-3-5-10(9)11;1-21-10-5-9(22-11(20)23-10)6-2-7(12(14,15)16)4-8(3-6)13(17,18)19;1-2-10-7-11(19-12(17)18-10)8-3-5-9(6-4-8)13(14,15)16;1-2-10-7-11(19-12(17)18-10)8-4-3-5-9(6-8)13(14,15)16;1-2-11-7-12(17-13(15)16-11)10-5-3-4-9(6-10)8-14;1-2-9-6-10(16-13(14)15-9)8-3-4-11-12(5-8)18-7-17-11;1-2-7-6-10(17-12(15)16-7)8-4-3-5-9(13)11(8)14/h2-8H,1H3,(H3,15,16,18,19);2-5H,1H3,(H3,20,21,22,23);2*3-7H,2H2,1H3,(H2,17,18,19);3-7H,2H2,1H3,(H2,15,16,17);3-6H,2,7H2,1H3,(H2,14,15,16);3-6H,2H2,1H3,(H2,15,16,17). The predicted octanol–water partition coefficient (Wildman–Crippen LogP) is 20.5.